The summed E-state index contributed by atoms with van der Waals surface area (Å²) in [6.07, 6.45) is 1.56. The molecule has 3 rings (SSSR count). The first-order valence-corrected chi connectivity index (χ1v) is 11.1. The monoisotopic (exact) mass is 442 g/mol. The normalized spacial score (nSPS) is 11.6. The molecule has 0 atom stereocenters. The average Bonchev–Trinajstić information content (AvgIpc) is 2.74. The number of nitrogens with zero attached hydrogens (tertiary/aromatic N) is 2. The molecule has 4 N–H and O–H groups in total. The van der Waals surface area contributed by atoms with Crippen LogP contribution in [0.4, 0.5) is 10.2 Å². The highest BCUT2D eigenvalue weighted by molar-refractivity contribution is 7.89. The first-order chi connectivity index (χ1) is 14.7. The number of carbonyl (C=O) groups excluding carboxylic acids is 1. The zero-order valence-corrected chi connectivity index (χ0v) is 18.0. The van der Waals surface area contributed by atoms with Gasteiger partial charge in [-0.05, 0) is 41.5 Å². The molecule has 0 saturated carbocycles. The third-order valence-corrected chi connectivity index (χ3v) is 7.06. The van der Waals surface area contributed by atoms with Crippen LogP contribution >= 0.6 is 0 Å². The molecule has 1 heterocycles. The Bertz CT molecular complexity index is 1220. The van der Waals surface area contributed by atoms with E-state index in [1.54, 1.807) is 56.4 Å². The van der Waals surface area contributed by atoms with Crippen LogP contribution in [0.3, 0.4) is 0 Å². The van der Waals surface area contributed by atoms with Gasteiger partial charge in [0.2, 0.25) is 10.0 Å². The second kappa shape index (κ2) is 8.83. The van der Waals surface area contributed by atoms with Gasteiger partial charge in [-0.15, -0.1) is 0 Å². The Morgan fingerprint density at radius 1 is 1.00 bits per heavy atom. The van der Waals surface area contributed by atoms with Gasteiger partial charge in [0.25, 0.3) is 5.91 Å². The molecule has 0 aliphatic heterocycles. The van der Waals surface area contributed by atoms with E-state index in [1.807, 2.05) is 0 Å². The molecule has 2 aromatic carbocycles. The Morgan fingerprint density at radius 3 is 2.16 bits per heavy atom. The molecular weight excluding hydrogens is 419 g/mol. The summed E-state index contributed by atoms with van der Waals surface area (Å²) >= 11 is 0. The second-order valence-electron chi connectivity index (χ2n) is 6.83. The van der Waals surface area contributed by atoms with Crippen LogP contribution in [0.5, 0.6) is 0 Å². The van der Waals surface area contributed by atoms with Gasteiger partial charge in [-0.25, -0.2) is 17.8 Å². The van der Waals surface area contributed by atoms with E-state index in [2.05, 4.69) is 4.98 Å². The first-order valence-electron chi connectivity index (χ1n) is 9.64. The first kappa shape index (κ1) is 22.4. The van der Waals surface area contributed by atoms with Crippen molar-refractivity contribution in [2.45, 2.75) is 18.7 Å². The standard InChI is InChI=1S/C22H23FN4O3S/c1-3-27(4-2)31(29,30)17-8-5-14(6-9-17)16-11-19(21(24)26-13-16)15-7-10-18(22(25)28)20(23)12-15/h5-13H,3-4H2,1-2H3,(H2,24,26)(H2,25,28). The summed E-state index contributed by atoms with van der Waals surface area (Å²) in [6, 6.07) is 12.2. The molecule has 0 spiro atoms. The lowest BCUT2D eigenvalue weighted by Crippen LogP contribution is -2.30. The quantitative estimate of drug-likeness (QED) is 0.582. The number of nitrogens with two attached hydrogens (primary N) is 2. The number of aromatic nitrogens is 1. The highest BCUT2D eigenvalue weighted by Crippen LogP contribution is 2.31. The third kappa shape index (κ3) is 4.42. The topological polar surface area (TPSA) is 119 Å². The fraction of sp³-hybridized carbons (Fsp3) is 0.182. The lowest BCUT2D eigenvalue weighted by atomic mass is 10.00. The molecule has 3 aromatic rings. The summed E-state index contributed by atoms with van der Waals surface area (Å²) in [5.74, 6) is -1.42. The van der Waals surface area contributed by atoms with Crippen molar-refractivity contribution in [3.63, 3.8) is 0 Å². The number of amides is 1. The average molecular weight is 443 g/mol. The van der Waals surface area contributed by atoms with Crippen LogP contribution in [0.25, 0.3) is 22.3 Å². The van der Waals surface area contributed by atoms with Gasteiger partial charge < -0.3 is 11.5 Å². The summed E-state index contributed by atoms with van der Waals surface area (Å²) in [5.41, 5.74) is 13.2. The molecule has 0 saturated heterocycles. The van der Waals surface area contributed by atoms with Crippen molar-refractivity contribution in [1.29, 1.82) is 0 Å². The maximum atomic E-state index is 14.2. The number of hydrogen-bond acceptors (Lipinski definition) is 5. The molecule has 0 radical (unpaired) electrons. The summed E-state index contributed by atoms with van der Waals surface area (Å²) < 4.78 is 40.9. The van der Waals surface area contributed by atoms with E-state index < -0.39 is 21.7 Å². The van der Waals surface area contributed by atoms with E-state index in [1.165, 1.54) is 16.4 Å². The number of anilines is 1. The zero-order chi connectivity index (χ0) is 22.8. The van der Waals surface area contributed by atoms with Crippen molar-refractivity contribution in [2.24, 2.45) is 5.73 Å². The number of carbonyl (C=O) groups is 1. The van der Waals surface area contributed by atoms with Crippen LogP contribution in [0, 0.1) is 5.82 Å². The molecule has 1 amide bonds. The minimum absolute atomic E-state index is 0.190. The van der Waals surface area contributed by atoms with Gasteiger partial charge in [-0.1, -0.05) is 32.0 Å². The molecule has 0 aliphatic rings. The second-order valence-corrected chi connectivity index (χ2v) is 8.77. The van der Waals surface area contributed by atoms with E-state index in [-0.39, 0.29) is 16.3 Å². The predicted molar refractivity (Wildman–Crippen MR) is 118 cm³/mol. The molecule has 0 fully saturated rings. The number of pyridine rings is 1. The van der Waals surface area contributed by atoms with Crippen LogP contribution in [0.2, 0.25) is 0 Å². The van der Waals surface area contributed by atoms with Gasteiger partial charge in [0, 0.05) is 30.4 Å². The molecule has 31 heavy (non-hydrogen) atoms. The Hall–Kier alpha value is -3.30. The number of primary amides is 1. The van der Waals surface area contributed by atoms with E-state index in [0.29, 0.717) is 29.8 Å². The minimum Gasteiger partial charge on any atom is -0.383 e. The van der Waals surface area contributed by atoms with Crippen LogP contribution < -0.4 is 11.5 Å². The Balaban J connectivity index is 1.99. The number of rotatable bonds is 7. The fourth-order valence-corrected chi connectivity index (χ4v) is 4.74. The molecule has 1 aromatic heterocycles. The summed E-state index contributed by atoms with van der Waals surface area (Å²) in [6.45, 7) is 4.35. The molecule has 162 valence electrons. The minimum atomic E-state index is -3.56. The van der Waals surface area contributed by atoms with Crippen molar-refractivity contribution in [2.75, 3.05) is 18.8 Å². The van der Waals surface area contributed by atoms with E-state index in [0.717, 1.165) is 5.56 Å². The Kier molecular flexibility index (Phi) is 6.37. The third-order valence-electron chi connectivity index (χ3n) is 4.99. The Morgan fingerprint density at radius 2 is 1.61 bits per heavy atom. The summed E-state index contributed by atoms with van der Waals surface area (Å²) in [5, 5.41) is 0. The largest absolute Gasteiger partial charge is 0.383 e. The van der Waals surface area contributed by atoms with Crippen molar-refractivity contribution in [1.82, 2.24) is 9.29 Å². The number of sulfonamides is 1. The summed E-state index contributed by atoms with van der Waals surface area (Å²) in [7, 11) is -3.56. The SMILES string of the molecule is CCN(CC)S(=O)(=O)c1ccc(-c2cnc(N)c(-c3ccc(C(N)=O)c(F)c3)c2)cc1. The number of halogens is 1. The molecule has 7 nitrogen and oxygen atoms in total. The number of nitrogen functional groups attached to an aromatic ring is 1. The highest BCUT2D eigenvalue weighted by atomic mass is 32.2. The van der Waals surface area contributed by atoms with Gasteiger partial charge >= 0.3 is 0 Å². The fourth-order valence-electron chi connectivity index (χ4n) is 3.28. The van der Waals surface area contributed by atoms with Crippen molar-refractivity contribution >= 4 is 21.7 Å². The molecule has 0 aliphatic carbocycles. The number of benzene rings is 2. The van der Waals surface area contributed by atoms with Gasteiger partial charge in [0.05, 0.1) is 10.5 Å². The van der Waals surface area contributed by atoms with Crippen molar-refractivity contribution in [3.8, 4) is 22.3 Å². The lowest BCUT2D eigenvalue weighted by Gasteiger charge is -2.18. The van der Waals surface area contributed by atoms with Gasteiger partial charge in [0.1, 0.15) is 11.6 Å². The van der Waals surface area contributed by atoms with Crippen molar-refractivity contribution in [3.05, 3.63) is 66.1 Å². The van der Waals surface area contributed by atoms with Crippen LogP contribution in [0.15, 0.2) is 59.6 Å². The zero-order valence-electron chi connectivity index (χ0n) is 17.2. The van der Waals surface area contributed by atoms with Gasteiger partial charge in [-0.2, -0.15) is 4.31 Å². The van der Waals surface area contributed by atoms with Crippen LogP contribution in [0.1, 0.15) is 24.2 Å². The molecule has 0 unspecified atom stereocenters. The van der Waals surface area contributed by atoms with Crippen LogP contribution in [-0.4, -0.2) is 36.7 Å². The molecular formula is C22H23FN4O3S. The van der Waals surface area contributed by atoms with Crippen LogP contribution in [-0.2, 0) is 10.0 Å². The van der Waals surface area contributed by atoms with E-state index in [9.17, 15) is 17.6 Å². The Labute approximate surface area is 180 Å². The number of hydrogen-bond donors (Lipinski definition) is 2. The maximum absolute atomic E-state index is 14.2. The lowest BCUT2D eigenvalue weighted by molar-refractivity contribution is 0.0996. The maximum Gasteiger partial charge on any atom is 0.251 e. The molecule has 9 heteroatoms. The van der Waals surface area contributed by atoms with Crippen molar-refractivity contribution < 1.29 is 17.6 Å². The van der Waals surface area contributed by atoms with E-state index >= 15 is 0 Å². The molecule has 0 bridgehead atoms. The highest BCUT2D eigenvalue weighted by Gasteiger charge is 2.21. The predicted octanol–water partition coefficient (Wildman–Crippen LogP) is 3.27. The summed E-state index contributed by atoms with van der Waals surface area (Å²) in [4.78, 5) is 15.6. The smallest absolute Gasteiger partial charge is 0.251 e. The van der Waals surface area contributed by atoms with Gasteiger partial charge in [-0.3, -0.25) is 4.79 Å². The van der Waals surface area contributed by atoms with E-state index in [4.69, 9.17) is 11.5 Å². The van der Waals surface area contributed by atoms with Gasteiger partial charge in [0.15, 0.2) is 0 Å².